The number of H-pyrrole nitrogens is 1. The van der Waals surface area contributed by atoms with E-state index in [-0.39, 0.29) is 0 Å². The lowest BCUT2D eigenvalue weighted by Gasteiger charge is -1.87. The monoisotopic (exact) mass is 166 g/mol. The summed E-state index contributed by atoms with van der Waals surface area (Å²) in [4.78, 5) is 7.21. The van der Waals surface area contributed by atoms with E-state index >= 15 is 0 Å². The summed E-state index contributed by atoms with van der Waals surface area (Å²) < 4.78 is 0. The zero-order valence-electron chi connectivity index (χ0n) is 6.06. The normalized spacial score (nSPS) is 10.7. The molecule has 0 fully saturated rings. The van der Waals surface area contributed by atoms with Crippen molar-refractivity contribution in [3.05, 3.63) is 29.0 Å². The fourth-order valence-electron chi connectivity index (χ4n) is 1.12. The molecule has 2 aromatic heterocycles. The van der Waals surface area contributed by atoms with Crippen LogP contribution in [-0.4, -0.2) is 9.97 Å². The first-order chi connectivity index (χ1) is 5.25. The molecule has 0 spiro atoms. The first-order valence-electron chi connectivity index (χ1n) is 3.37. The topological polar surface area (TPSA) is 28.7 Å². The van der Waals surface area contributed by atoms with Crippen LogP contribution in [0.5, 0.6) is 0 Å². The highest BCUT2D eigenvalue weighted by Crippen LogP contribution is 2.15. The summed E-state index contributed by atoms with van der Waals surface area (Å²) in [6, 6.07) is 5.78. The second-order valence-corrected chi connectivity index (χ2v) is 2.91. The molecule has 0 aliphatic carbocycles. The Morgan fingerprint density at radius 2 is 2.27 bits per heavy atom. The van der Waals surface area contributed by atoms with Gasteiger partial charge in [-0.1, -0.05) is 11.6 Å². The number of pyridine rings is 1. The molecule has 56 valence electrons. The van der Waals surface area contributed by atoms with E-state index in [2.05, 4.69) is 9.97 Å². The molecule has 0 aliphatic heterocycles. The van der Waals surface area contributed by atoms with Gasteiger partial charge in [0.1, 0.15) is 10.8 Å². The van der Waals surface area contributed by atoms with Gasteiger partial charge in [0.2, 0.25) is 0 Å². The van der Waals surface area contributed by atoms with Crippen molar-refractivity contribution in [3.8, 4) is 0 Å². The molecule has 11 heavy (non-hydrogen) atoms. The molecule has 2 heterocycles. The second kappa shape index (κ2) is 2.24. The highest BCUT2D eigenvalue weighted by Gasteiger charge is 1.97. The Bertz CT molecular complexity index is 392. The van der Waals surface area contributed by atoms with Crippen LogP contribution < -0.4 is 0 Å². The minimum Gasteiger partial charge on any atom is -0.344 e. The maximum Gasteiger partial charge on any atom is 0.139 e. The Kier molecular flexibility index (Phi) is 1.36. The molecule has 2 rings (SSSR count). The second-order valence-electron chi connectivity index (χ2n) is 2.52. The molecule has 0 atom stereocenters. The van der Waals surface area contributed by atoms with Crippen molar-refractivity contribution in [3.63, 3.8) is 0 Å². The molecule has 3 heteroatoms. The summed E-state index contributed by atoms with van der Waals surface area (Å²) in [6.45, 7) is 2.00. The number of fused-ring (bicyclic) bond motifs is 1. The third kappa shape index (κ3) is 1.10. The molecule has 0 unspecified atom stereocenters. The zero-order chi connectivity index (χ0) is 7.84. The SMILES string of the molecule is Cc1cc2ccc(Cl)nc2[nH]1. The van der Waals surface area contributed by atoms with Crippen LogP contribution in [0.1, 0.15) is 5.69 Å². The molecule has 0 saturated carbocycles. The fourth-order valence-corrected chi connectivity index (χ4v) is 1.27. The quantitative estimate of drug-likeness (QED) is 0.599. The molecule has 2 nitrogen and oxygen atoms in total. The fraction of sp³-hybridized carbons (Fsp3) is 0.125. The highest BCUT2D eigenvalue weighted by atomic mass is 35.5. The number of aryl methyl sites for hydroxylation is 1. The number of aromatic amines is 1. The van der Waals surface area contributed by atoms with Gasteiger partial charge in [0.05, 0.1) is 0 Å². The minimum absolute atomic E-state index is 0.527. The van der Waals surface area contributed by atoms with Gasteiger partial charge in [-0.25, -0.2) is 4.98 Å². The number of nitrogens with one attached hydrogen (secondary N) is 1. The van der Waals surface area contributed by atoms with E-state index in [1.165, 1.54) is 0 Å². The van der Waals surface area contributed by atoms with Gasteiger partial charge in [-0.3, -0.25) is 0 Å². The molecule has 0 radical (unpaired) electrons. The summed E-state index contributed by atoms with van der Waals surface area (Å²) in [6.07, 6.45) is 0. The lowest BCUT2D eigenvalue weighted by Crippen LogP contribution is -1.75. The number of hydrogen-bond acceptors (Lipinski definition) is 1. The zero-order valence-corrected chi connectivity index (χ0v) is 6.81. The lowest BCUT2D eigenvalue weighted by molar-refractivity contribution is 1.25. The Morgan fingerprint density at radius 3 is 3.09 bits per heavy atom. The first kappa shape index (κ1) is 6.68. The van der Waals surface area contributed by atoms with E-state index in [0.29, 0.717) is 5.15 Å². The van der Waals surface area contributed by atoms with Gasteiger partial charge in [-0.15, -0.1) is 0 Å². The maximum atomic E-state index is 5.70. The predicted molar refractivity (Wildman–Crippen MR) is 45.8 cm³/mol. The first-order valence-corrected chi connectivity index (χ1v) is 3.75. The number of rotatable bonds is 0. The molecular formula is C8H7ClN2. The summed E-state index contributed by atoms with van der Waals surface area (Å²) in [5.74, 6) is 0. The molecule has 0 aliphatic rings. The van der Waals surface area contributed by atoms with E-state index < -0.39 is 0 Å². The van der Waals surface area contributed by atoms with Crippen molar-refractivity contribution in [2.24, 2.45) is 0 Å². The van der Waals surface area contributed by atoms with Crippen LogP contribution in [0.2, 0.25) is 5.15 Å². The molecule has 0 amide bonds. The minimum atomic E-state index is 0.527. The van der Waals surface area contributed by atoms with E-state index in [1.54, 1.807) is 6.07 Å². The van der Waals surface area contributed by atoms with Gasteiger partial charge < -0.3 is 4.98 Å². The van der Waals surface area contributed by atoms with Crippen LogP contribution >= 0.6 is 11.6 Å². The van der Waals surface area contributed by atoms with E-state index in [9.17, 15) is 0 Å². The van der Waals surface area contributed by atoms with Crippen molar-refractivity contribution in [1.29, 1.82) is 0 Å². The van der Waals surface area contributed by atoms with E-state index in [0.717, 1.165) is 16.7 Å². The summed E-state index contributed by atoms with van der Waals surface area (Å²) >= 11 is 5.70. The van der Waals surface area contributed by atoms with E-state index in [1.807, 2.05) is 19.1 Å². The van der Waals surface area contributed by atoms with Gasteiger partial charge in [0.15, 0.2) is 0 Å². The Morgan fingerprint density at radius 1 is 1.45 bits per heavy atom. The van der Waals surface area contributed by atoms with Crippen LogP contribution in [0, 0.1) is 6.92 Å². The number of hydrogen-bond donors (Lipinski definition) is 1. The molecule has 0 saturated heterocycles. The van der Waals surface area contributed by atoms with Crippen LogP contribution in [0.3, 0.4) is 0 Å². The molecule has 2 aromatic rings. The summed E-state index contributed by atoms with van der Waals surface area (Å²) in [7, 11) is 0. The number of halogens is 1. The van der Waals surface area contributed by atoms with Gasteiger partial charge in [-0.05, 0) is 25.1 Å². The number of nitrogens with zero attached hydrogens (tertiary/aromatic N) is 1. The average Bonchev–Trinajstić information content (AvgIpc) is 2.27. The van der Waals surface area contributed by atoms with Gasteiger partial charge in [0, 0.05) is 11.1 Å². The molecule has 0 bridgehead atoms. The Labute approximate surface area is 69.2 Å². The molecular weight excluding hydrogens is 160 g/mol. The molecule has 0 aromatic carbocycles. The maximum absolute atomic E-state index is 5.70. The average molecular weight is 167 g/mol. The van der Waals surface area contributed by atoms with Crippen molar-refractivity contribution in [2.75, 3.05) is 0 Å². The number of aromatic nitrogens is 2. The highest BCUT2D eigenvalue weighted by molar-refractivity contribution is 6.29. The Hall–Kier alpha value is -1.02. The largest absolute Gasteiger partial charge is 0.344 e. The Balaban J connectivity index is 2.82. The van der Waals surface area contributed by atoms with Crippen LogP contribution in [0.15, 0.2) is 18.2 Å². The lowest BCUT2D eigenvalue weighted by atomic mass is 10.3. The smallest absolute Gasteiger partial charge is 0.139 e. The molecule has 1 N–H and O–H groups in total. The van der Waals surface area contributed by atoms with Gasteiger partial charge >= 0.3 is 0 Å². The van der Waals surface area contributed by atoms with Crippen LogP contribution in [-0.2, 0) is 0 Å². The predicted octanol–water partition coefficient (Wildman–Crippen LogP) is 2.52. The van der Waals surface area contributed by atoms with Crippen LogP contribution in [0.25, 0.3) is 11.0 Å². The third-order valence-electron chi connectivity index (χ3n) is 1.58. The van der Waals surface area contributed by atoms with Gasteiger partial charge in [0.25, 0.3) is 0 Å². The van der Waals surface area contributed by atoms with Gasteiger partial charge in [-0.2, -0.15) is 0 Å². The summed E-state index contributed by atoms with van der Waals surface area (Å²) in [5.41, 5.74) is 1.96. The van der Waals surface area contributed by atoms with E-state index in [4.69, 9.17) is 11.6 Å². The van der Waals surface area contributed by atoms with Crippen molar-refractivity contribution < 1.29 is 0 Å². The van der Waals surface area contributed by atoms with Crippen molar-refractivity contribution in [2.45, 2.75) is 6.92 Å². The third-order valence-corrected chi connectivity index (χ3v) is 1.79. The van der Waals surface area contributed by atoms with Crippen molar-refractivity contribution in [1.82, 2.24) is 9.97 Å². The standard InChI is InChI=1S/C8H7ClN2/c1-5-4-6-2-3-7(9)11-8(6)10-5/h2-4H,1H3,(H,10,11). The van der Waals surface area contributed by atoms with Crippen LogP contribution in [0.4, 0.5) is 0 Å². The summed E-state index contributed by atoms with van der Waals surface area (Å²) in [5, 5.41) is 1.63. The van der Waals surface area contributed by atoms with Crippen molar-refractivity contribution >= 4 is 22.6 Å².